The second-order valence-electron chi connectivity index (χ2n) is 2.82. The fraction of sp³-hybridized carbons (Fsp3) is 0.222. The molecule has 2 rings (SSSR count). The normalized spacial score (nSPS) is 14.6. The Morgan fingerprint density at radius 2 is 2.00 bits per heavy atom. The molecule has 1 aliphatic rings. The van der Waals surface area contributed by atoms with Crippen molar-refractivity contribution in [3.63, 3.8) is 0 Å². The molecule has 0 unspecified atom stereocenters. The predicted octanol–water partition coefficient (Wildman–Crippen LogP) is 1.74. The summed E-state index contributed by atoms with van der Waals surface area (Å²) >= 11 is 0. The summed E-state index contributed by atoms with van der Waals surface area (Å²) in [4.78, 5) is 4.09. The highest BCUT2D eigenvalue weighted by Crippen LogP contribution is 2.07. The number of nitrogens with zero attached hydrogens (tertiary/aromatic N) is 2. The lowest BCUT2D eigenvalue weighted by molar-refractivity contribution is -0.00269. The minimum Gasteiger partial charge on any atom is -0.324 e. The summed E-state index contributed by atoms with van der Waals surface area (Å²) in [5.74, 6) is 0.520. The van der Waals surface area contributed by atoms with E-state index >= 15 is 0 Å². The van der Waals surface area contributed by atoms with E-state index in [-0.39, 0.29) is 17.0 Å². The molecule has 0 saturated heterocycles. The molecule has 0 bridgehead atoms. The van der Waals surface area contributed by atoms with Crippen molar-refractivity contribution < 1.29 is 5.21 Å². The molecule has 1 heterocycles. The predicted molar refractivity (Wildman–Crippen MR) is 61.2 cm³/mol. The largest absolute Gasteiger partial charge is 0.324 e. The van der Waals surface area contributed by atoms with Crippen LogP contribution in [0.3, 0.4) is 0 Å². The molecule has 1 aromatic rings. The van der Waals surface area contributed by atoms with Crippen LogP contribution in [-0.4, -0.2) is 29.3 Å². The third-order valence-corrected chi connectivity index (χ3v) is 1.85. The second kappa shape index (κ2) is 4.97. The molecule has 0 amide bonds. The Bertz CT molecular complexity index is 315. The van der Waals surface area contributed by atoms with E-state index in [0.29, 0.717) is 19.0 Å². The van der Waals surface area contributed by atoms with Gasteiger partial charge in [-0.3, -0.25) is 5.21 Å². The molecule has 0 atom stereocenters. The van der Waals surface area contributed by atoms with Crippen LogP contribution in [0.25, 0.3) is 0 Å². The van der Waals surface area contributed by atoms with Crippen LogP contribution in [0.15, 0.2) is 35.3 Å². The van der Waals surface area contributed by atoms with Gasteiger partial charge in [0.05, 0.1) is 13.1 Å². The third kappa shape index (κ3) is 2.46. The van der Waals surface area contributed by atoms with Crippen molar-refractivity contribution in [2.45, 2.75) is 0 Å². The Balaban J connectivity index is 0.000000980. The zero-order chi connectivity index (χ0) is 9.10. The molecule has 0 aliphatic carbocycles. The summed E-state index contributed by atoms with van der Waals surface area (Å²) in [6.45, 7) is 1.21. The summed E-state index contributed by atoms with van der Waals surface area (Å²) < 4.78 is 0. The van der Waals surface area contributed by atoms with Gasteiger partial charge < -0.3 is 5.32 Å². The molecule has 0 spiro atoms. The smallest absolute Gasteiger partial charge is 0.222 e. The molecule has 14 heavy (non-hydrogen) atoms. The van der Waals surface area contributed by atoms with Gasteiger partial charge in [0.1, 0.15) is 0 Å². The van der Waals surface area contributed by atoms with Crippen molar-refractivity contribution in [3.05, 3.63) is 30.3 Å². The molecular formula is C9H12BrN3O. The number of rotatable bonds is 1. The maximum absolute atomic E-state index is 9.29. The number of para-hydroxylation sites is 1. The van der Waals surface area contributed by atoms with Crippen molar-refractivity contribution in [3.8, 4) is 0 Å². The van der Waals surface area contributed by atoms with Crippen molar-refractivity contribution in [2.24, 2.45) is 4.99 Å². The molecule has 0 fully saturated rings. The molecule has 0 aromatic heterocycles. The van der Waals surface area contributed by atoms with Gasteiger partial charge in [-0.05, 0) is 12.1 Å². The van der Waals surface area contributed by atoms with Gasteiger partial charge in [-0.2, -0.15) is 0 Å². The highest BCUT2D eigenvalue weighted by molar-refractivity contribution is 8.93. The summed E-state index contributed by atoms with van der Waals surface area (Å²) in [5.41, 5.74) is 0.933. The molecule has 1 aromatic carbocycles. The zero-order valence-corrected chi connectivity index (χ0v) is 9.26. The Morgan fingerprint density at radius 3 is 2.57 bits per heavy atom. The molecule has 0 saturated carbocycles. The Labute approximate surface area is 93.0 Å². The molecule has 76 valence electrons. The molecule has 4 nitrogen and oxygen atoms in total. The fourth-order valence-electron chi connectivity index (χ4n) is 1.19. The number of hydrogen-bond acceptors (Lipinski definition) is 4. The van der Waals surface area contributed by atoms with Crippen molar-refractivity contribution in [1.29, 1.82) is 0 Å². The van der Waals surface area contributed by atoms with Crippen molar-refractivity contribution in [1.82, 2.24) is 5.06 Å². The monoisotopic (exact) mass is 257 g/mol. The van der Waals surface area contributed by atoms with Gasteiger partial charge in [-0.25, -0.2) is 10.1 Å². The summed E-state index contributed by atoms with van der Waals surface area (Å²) in [7, 11) is 0. The summed E-state index contributed by atoms with van der Waals surface area (Å²) in [6, 6.07) is 9.65. The van der Waals surface area contributed by atoms with Crippen LogP contribution in [0.5, 0.6) is 0 Å². The van der Waals surface area contributed by atoms with Crippen molar-refractivity contribution in [2.75, 3.05) is 18.4 Å². The summed E-state index contributed by atoms with van der Waals surface area (Å²) in [5, 5.41) is 13.4. The van der Waals surface area contributed by atoms with Crippen LogP contribution in [0, 0.1) is 0 Å². The first-order valence-corrected chi connectivity index (χ1v) is 4.19. The number of aliphatic imine (C=N–C) groups is 1. The number of benzene rings is 1. The van der Waals surface area contributed by atoms with Crippen molar-refractivity contribution >= 4 is 28.6 Å². The zero-order valence-electron chi connectivity index (χ0n) is 7.55. The summed E-state index contributed by atoms with van der Waals surface area (Å²) in [6.07, 6.45) is 0. The standard InChI is InChI=1S/C9H11N3O.BrH/c13-12-7-6-10-9(12)11-8-4-2-1-3-5-8;/h1-5,13H,6-7H2,(H,10,11);1H. The van der Waals surface area contributed by atoms with Gasteiger partial charge >= 0.3 is 0 Å². The number of halogens is 1. The van der Waals surface area contributed by atoms with E-state index in [1.807, 2.05) is 30.3 Å². The maximum Gasteiger partial charge on any atom is 0.222 e. The lowest BCUT2D eigenvalue weighted by atomic mass is 10.3. The number of anilines is 1. The average Bonchev–Trinajstić information content (AvgIpc) is 2.54. The van der Waals surface area contributed by atoms with E-state index in [4.69, 9.17) is 0 Å². The first-order valence-electron chi connectivity index (χ1n) is 4.19. The SMILES string of the molecule is Br.ON1CCN=C1Nc1ccccc1. The number of hydrogen-bond donors (Lipinski definition) is 2. The molecule has 5 heteroatoms. The van der Waals surface area contributed by atoms with Gasteiger partial charge in [0, 0.05) is 5.69 Å². The first kappa shape index (κ1) is 11.0. The Kier molecular flexibility index (Phi) is 3.91. The van der Waals surface area contributed by atoms with Gasteiger partial charge in [0.2, 0.25) is 5.96 Å². The van der Waals surface area contributed by atoms with E-state index < -0.39 is 0 Å². The number of hydroxylamine groups is 2. The van der Waals surface area contributed by atoms with E-state index in [2.05, 4.69) is 10.3 Å². The van der Waals surface area contributed by atoms with Crippen LogP contribution >= 0.6 is 17.0 Å². The van der Waals surface area contributed by atoms with Crippen LogP contribution in [0.2, 0.25) is 0 Å². The highest BCUT2D eigenvalue weighted by atomic mass is 79.9. The number of nitrogens with one attached hydrogen (secondary N) is 1. The lowest BCUT2D eigenvalue weighted by Crippen LogP contribution is -2.29. The molecule has 1 aliphatic heterocycles. The van der Waals surface area contributed by atoms with Gasteiger partial charge in [-0.1, -0.05) is 18.2 Å². The fourth-order valence-corrected chi connectivity index (χ4v) is 1.19. The Morgan fingerprint density at radius 1 is 1.29 bits per heavy atom. The van der Waals surface area contributed by atoms with E-state index in [9.17, 15) is 5.21 Å². The van der Waals surface area contributed by atoms with E-state index in [0.717, 1.165) is 10.8 Å². The molecule has 0 radical (unpaired) electrons. The van der Waals surface area contributed by atoms with Gasteiger partial charge in [0.25, 0.3) is 0 Å². The number of guanidine groups is 1. The minimum atomic E-state index is 0. The van der Waals surface area contributed by atoms with Crippen LogP contribution in [0.1, 0.15) is 0 Å². The maximum atomic E-state index is 9.29. The molecular weight excluding hydrogens is 246 g/mol. The average molecular weight is 258 g/mol. The third-order valence-electron chi connectivity index (χ3n) is 1.85. The van der Waals surface area contributed by atoms with E-state index in [1.54, 1.807) is 0 Å². The first-order chi connectivity index (χ1) is 6.36. The van der Waals surface area contributed by atoms with Crippen LogP contribution in [-0.2, 0) is 0 Å². The topological polar surface area (TPSA) is 47.9 Å². The van der Waals surface area contributed by atoms with Crippen LogP contribution in [0.4, 0.5) is 5.69 Å². The quantitative estimate of drug-likeness (QED) is 0.806. The van der Waals surface area contributed by atoms with E-state index in [1.165, 1.54) is 0 Å². The van der Waals surface area contributed by atoms with Gasteiger partial charge in [-0.15, -0.1) is 17.0 Å². The second-order valence-corrected chi connectivity index (χ2v) is 2.82. The van der Waals surface area contributed by atoms with Crippen LogP contribution < -0.4 is 5.32 Å². The lowest BCUT2D eigenvalue weighted by Gasteiger charge is -2.12. The van der Waals surface area contributed by atoms with Gasteiger partial charge in [0.15, 0.2) is 0 Å². The minimum absolute atomic E-state index is 0. The Hall–Kier alpha value is -1.07. The highest BCUT2D eigenvalue weighted by Gasteiger charge is 2.13. The molecule has 2 N–H and O–H groups in total.